The van der Waals surface area contributed by atoms with Crippen molar-refractivity contribution in [1.82, 2.24) is 5.32 Å². The summed E-state index contributed by atoms with van der Waals surface area (Å²) >= 11 is 0. The van der Waals surface area contributed by atoms with E-state index in [1.807, 2.05) is 27.7 Å². The summed E-state index contributed by atoms with van der Waals surface area (Å²) in [5.74, 6) is 0. The molecule has 0 spiro atoms. The molecule has 0 aromatic rings. The Balaban J connectivity index is 0. The van der Waals surface area contributed by atoms with Crippen LogP contribution in [0.25, 0.3) is 0 Å². The summed E-state index contributed by atoms with van der Waals surface area (Å²) in [6.45, 7) is 15.1. The Morgan fingerprint density at radius 1 is 1.00 bits per heavy atom. The molecule has 0 amide bonds. The minimum atomic E-state index is 0.662. The number of unbranched alkanes of at least 4 members (excludes halogenated alkanes) is 2. The monoisotopic (exact) mass is 201 g/mol. The van der Waals surface area contributed by atoms with E-state index in [9.17, 15) is 0 Å². The van der Waals surface area contributed by atoms with E-state index in [2.05, 4.69) is 19.2 Å². The van der Waals surface area contributed by atoms with Crippen molar-refractivity contribution in [3.63, 3.8) is 0 Å². The molecule has 1 heterocycles. The van der Waals surface area contributed by atoms with Crippen molar-refractivity contribution in [2.24, 2.45) is 5.41 Å². The zero-order chi connectivity index (χ0) is 11.4. The maximum atomic E-state index is 3.33. The summed E-state index contributed by atoms with van der Waals surface area (Å²) in [5, 5.41) is 3.33. The minimum absolute atomic E-state index is 0.662. The minimum Gasteiger partial charge on any atom is -0.316 e. The molecule has 0 aromatic carbocycles. The average molecular weight is 201 g/mol. The molecule has 1 saturated heterocycles. The molecule has 0 unspecified atom stereocenters. The van der Waals surface area contributed by atoms with Crippen molar-refractivity contribution < 1.29 is 0 Å². The maximum Gasteiger partial charge on any atom is 0.00176 e. The van der Waals surface area contributed by atoms with E-state index >= 15 is 0 Å². The third kappa shape index (κ3) is 7.37. The number of hydrogen-bond acceptors (Lipinski definition) is 1. The Labute approximate surface area is 91.7 Å². The smallest absolute Gasteiger partial charge is 0.00176 e. The fourth-order valence-electron chi connectivity index (χ4n) is 1.53. The van der Waals surface area contributed by atoms with Crippen LogP contribution in [0.3, 0.4) is 0 Å². The molecule has 0 saturated carbocycles. The van der Waals surface area contributed by atoms with Crippen LogP contribution in [0.5, 0.6) is 0 Å². The van der Waals surface area contributed by atoms with Gasteiger partial charge in [-0.1, -0.05) is 60.8 Å². The Bertz CT molecular complexity index is 95.4. The molecule has 1 heteroatoms. The van der Waals surface area contributed by atoms with Crippen LogP contribution < -0.4 is 5.32 Å². The van der Waals surface area contributed by atoms with Gasteiger partial charge in [0.1, 0.15) is 0 Å². The highest BCUT2D eigenvalue weighted by molar-refractivity contribution is 4.87. The molecule has 0 radical (unpaired) electrons. The van der Waals surface area contributed by atoms with Gasteiger partial charge in [0.25, 0.3) is 0 Å². The maximum absolute atomic E-state index is 3.33. The molecule has 0 aliphatic carbocycles. The van der Waals surface area contributed by atoms with Crippen LogP contribution in [-0.4, -0.2) is 13.1 Å². The Kier molecular flexibility index (Phi) is 12.9. The van der Waals surface area contributed by atoms with Crippen molar-refractivity contribution in [2.45, 2.75) is 67.2 Å². The lowest BCUT2D eigenvalue weighted by Gasteiger charge is -2.39. The van der Waals surface area contributed by atoms with E-state index in [1.165, 1.54) is 38.8 Å². The summed E-state index contributed by atoms with van der Waals surface area (Å²) in [5.41, 5.74) is 0.662. The second kappa shape index (κ2) is 11.0. The molecule has 14 heavy (non-hydrogen) atoms. The van der Waals surface area contributed by atoms with Gasteiger partial charge in [-0.15, -0.1) is 0 Å². The van der Waals surface area contributed by atoms with Gasteiger partial charge >= 0.3 is 0 Å². The van der Waals surface area contributed by atoms with E-state index in [4.69, 9.17) is 0 Å². The molecular formula is C13H31N. The quantitative estimate of drug-likeness (QED) is 0.671. The Morgan fingerprint density at radius 3 is 1.79 bits per heavy atom. The fraction of sp³-hybridized carbons (Fsp3) is 1.00. The van der Waals surface area contributed by atoms with Crippen LogP contribution in [0.1, 0.15) is 67.2 Å². The van der Waals surface area contributed by atoms with E-state index in [0.717, 1.165) is 0 Å². The lowest BCUT2D eigenvalue weighted by molar-refractivity contribution is 0.174. The van der Waals surface area contributed by atoms with Gasteiger partial charge in [-0.2, -0.15) is 0 Å². The molecule has 1 N–H and O–H groups in total. The molecule has 0 aromatic heterocycles. The van der Waals surface area contributed by atoms with Gasteiger partial charge in [-0.3, -0.25) is 0 Å². The Hall–Kier alpha value is -0.0400. The summed E-state index contributed by atoms with van der Waals surface area (Å²) in [6, 6.07) is 0. The predicted octanol–water partition coefficient (Wildman–Crippen LogP) is 4.23. The average Bonchev–Trinajstić information content (AvgIpc) is 2.22. The van der Waals surface area contributed by atoms with E-state index in [0.29, 0.717) is 5.41 Å². The molecule has 1 rings (SSSR count). The molecule has 1 aliphatic rings. The second-order valence-corrected chi connectivity index (χ2v) is 3.87. The first-order chi connectivity index (χ1) is 6.77. The normalized spacial score (nSPS) is 16.7. The molecule has 0 bridgehead atoms. The lowest BCUT2D eigenvalue weighted by atomic mass is 9.79. The zero-order valence-corrected chi connectivity index (χ0v) is 11.2. The van der Waals surface area contributed by atoms with Crippen molar-refractivity contribution in [3.05, 3.63) is 0 Å². The first-order valence-corrected chi connectivity index (χ1v) is 6.47. The highest BCUT2D eigenvalue weighted by Gasteiger charge is 2.30. The van der Waals surface area contributed by atoms with Gasteiger partial charge in [0.2, 0.25) is 0 Å². The van der Waals surface area contributed by atoms with E-state index < -0.39 is 0 Å². The molecular weight excluding hydrogens is 170 g/mol. The molecule has 1 aliphatic heterocycles. The number of hydrogen-bond donors (Lipinski definition) is 1. The van der Waals surface area contributed by atoms with Crippen LogP contribution >= 0.6 is 0 Å². The van der Waals surface area contributed by atoms with Crippen LogP contribution in [-0.2, 0) is 0 Å². The third-order valence-electron chi connectivity index (χ3n) is 2.49. The van der Waals surface area contributed by atoms with Crippen LogP contribution in [0.2, 0.25) is 0 Å². The second-order valence-electron chi connectivity index (χ2n) is 3.87. The molecule has 0 atom stereocenters. The fourth-order valence-corrected chi connectivity index (χ4v) is 1.53. The predicted molar refractivity (Wildman–Crippen MR) is 67.8 cm³/mol. The van der Waals surface area contributed by atoms with Gasteiger partial charge < -0.3 is 5.32 Å². The standard InChI is InChI=1S/C9H19N.2C2H6/c1-3-4-5-6-9(2)7-10-8-9;2*1-2/h10H,3-8H2,1-2H3;2*1-2H3. The topological polar surface area (TPSA) is 12.0 Å². The summed E-state index contributed by atoms with van der Waals surface area (Å²) in [6.07, 6.45) is 5.61. The Morgan fingerprint density at radius 2 is 1.50 bits per heavy atom. The highest BCUT2D eigenvalue weighted by Crippen LogP contribution is 2.28. The molecule has 88 valence electrons. The SMILES string of the molecule is CC.CC.CCCCCC1(C)CNC1. The highest BCUT2D eigenvalue weighted by atomic mass is 15.0. The van der Waals surface area contributed by atoms with Crippen molar-refractivity contribution in [1.29, 1.82) is 0 Å². The first-order valence-electron chi connectivity index (χ1n) is 6.47. The van der Waals surface area contributed by atoms with Crippen molar-refractivity contribution in [3.8, 4) is 0 Å². The van der Waals surface area contributed by atoms with Crippen LogP contribution in [0.4, 0.5) is 0 Å². The van der Waals surface area contributed by atoms with Gasteiger partial charge in [0, 0.05) is 13.1 Å². The lowest BCUT2D eigenvalue weighted by Crippen LogP contribution is -2.51. The summed E-state index contributed by atoms with van der Waals surface area (Å²) < 4.78 is 0. The third-order valence-corrected chi connectivity index (χ3v) is 2.49. The summed E-state index contributed by atoms with van der Waals surface area (Å²) in [7, 11) is 0. The first kappa shape index (κ1) is 16.4. The van der Waals surface area contributed by atoms with Gasteiger partial charge in [0.05, 0.1) is 0 Å². The van der Waals surface area contributed by atoms with E-state index in [1.54, 1.807) is 0 Å². The number of rotatable bonds is 4. The van der Waals surface area contributed by atoms with Crippen molar-refractivity contribution >= 4 is 0 Å². The van der Waals surface area contributed by atoms with Gasteiger partial charge in [-0.25, -0.2) is 0 Å². The van der Waals surface area contributed by atoms with Gasteiger partial charge in [-0.05, 0) is 11.8 Å². The van der Waals surface area contributed by atoms with Crippen molar-refractivity contribution in [2.75, 3.05) is 13.1 Å². The molecule has 1 fully saturated rings. The van der Waals surface area contributed by atoms with E-state index in [-0.39, 0.29) is 0 Å². The zero-order valence-electron chi connectivity index (χ0n) is 11.2. The van der Waals surface area contributed by atoms with Crippen LogP contribution in [0.15, 0.2) is 0 Å². The van der Waals surface area contributed by atoms with Gasteiger partial charge in [0.15, 0.2) is 0 Å². The largest absolute Gasteiger partial charge is 0.316 e. The summed E-state index contributed by atoms with van der Waals surface area (Å²) in [4.78, 5) is 0. The van der Waals surface area contributed by atoms with Crippen LogP contribution in [0, 0.1) is 5.41 Å². The number of nitrogens with one attached hydrogen (secondary N) is 1. The molecule has 1 nitrogen and oxygen atoms in total.